The summed E-state index contributed by atoms with van der Waals surface area (Å²) in [4.78, 5) is 8.35. The lowest BCUT2D eigenvalue weighted by molar-refractivity contribution is 0.828. The summed E-state index contributed by atoms with van der Waals surface area (Å²) in [6, 6.07) is 6.21. The molecule has 0 aliphatic rings. The summed E-state index contributed by atoms with van der Waals surface area (Å²) in [6.45, 7) is 2.06. The molecule has 0 aliphatic heterocycles. The standard InChI is InChI=1S/C13H13N5/c1-9(13-8-14-4-5-15-13)17-11-3-2-10-7-16-18-12(10)6-11/h2-9,17H,1H3,(H,16,18). The highest BCUT2D eigenvalue weighted by molar-refractivity contribution is 5.81. The van der Waals surface area contributed by atoms with E-state index in [9.17, 15) is 0 Å². The highest BCUT2D eigenvalue weighted by Crippen LogP contribution is 2.20. The SMILES string of the molecule is CC(Nc1ccc2cn[nH]c2c1)c1cnccn1. The third-order valence-corrected chi connectivity index (χ3v) is 2.85. The second-order valence-corrected chi connectivity index (χ2v) is 4.17. The summed E-state index contributed by atoms with van der Waals surface area (Å²) in [5.41, 5.74) is 2.97. The van der Waals surface area contributed by atoms with E-state index in [1.807, 2.05) is 24.4 Å². The van der Waals surface area contributed by atoms with Crippen molar-refractivity contribution < 1.29 is 0 Å². The van der Waals surface area contributed by atoms with Gasteiger partial charge in [0.2, 0.25) is 0 Å². The summed E-state index contributed by atoms with van der Waals surface area (Å²) in [5.74, 6) is 0. The van der Waals surface area contributed by atoms with Gasteiger partial charge in [0.1, 0.15) is 0 Å². The van der Waals surface area contributed by atoms with Crippen LogP contribution in [-0.2, 0) is 0 Å². The second-order valence-electron chi connectivity index (χ2n) is 4.17. The number of hydrogen-bond donors (Lipinski definition) is 2. The highest BCUT2D eigenvalue weighted by atomic mass is 15.1. The molecule has 18 heavy (non-hydrogen) atoms. The van der Waals surface area contributed by atoms with Crippen molar-refractivity contribution in [1.29, 1.82) is 0 Å². The molecule has 90 valence electrons. The minimum atomic E-state index is 0.110. The number of aromatic amines is 1. The van der Waals surface area contributed by atoms with Crippen LogP contribution in [-0.4, -0.2) is 20.2 Å². The van der Waals surface area contributed by atoms with Crippen molar-refractivity contribution in [2.45, 2.75) is 13.0 Å². The van der Waals surface area contributed by atoms with Crippen molar-refractivity contribution in [3.63, 3.8) is 0 Å². The molecule has 5 heteroatoms. The average molecular weight is 239 g/mol. The fourth-order valence-electron chi connectivity index (χ4n) is 1.88. The first-order valence-corrected chi connectivity index (χ1v) is 5.78. The fraction of sp³-hybridized carbons (Fsp3) is 0.154. The maximum absolute atomic E-state index is 4.28. The van der Waals surface area contributed by atoms with Crippen molar-refractivity contribution in [3.8, 4) is 0 Å². The normalized spacial score (nSPS) is 12.5. The van der Waals surface area contributed by atoms with Crippen LogP contribution in [0.3, 0.4) is 0 Å². The molecule has 0 amide bonds. The molecule has 2 aromatic heterocycles. The molecule has 1 aromatic carbocycles. The third-order valence-electron chi connectivity index (χ3n) is 2.85. The molecule has 3 rings (SSSR count). The van der Waals surface area contributed by atoms with E-state index in [1.165, 1.54) is 0 Å². The summed E-state index contributed by atoms with van der Waals surface area (Å²) in [7, 11) is 0. The van der Waals surface area contributed by atoms with Crippen molar-refractivity contribution in [2.24, 2.45) is 0 Å². The highest BCUT2D eigenvalue weighted by Gasteiger charge is 2.07. The zero-order chi connectivity index (χ0) is 12.4. The van der Waals surface area contributed by atoms with Crippen molar-refractivity contribution in [3.05, 3.63) is 48.7 Å². The lowest BCUT2D eigenvalue weighted by Gasteiger charge is -2.14. The zero-order valence-electron chi connectivity index (χ0n) is 9.96. The summed E-state index contributed by atoms with van der Waals surface area (Å²) < 4.78 is 0. The van der Waals surface area contributed by atoms with Gasteiger partial charge in [0.25, 0.3) is 0 Å². The van der Waals surface area contributed by atoms with Gasteiger partial charge in [-0.15, -0.1) is 0 Å². The number of benzene rings is 1. The van der Waals surface area contributed by atoms with Crippen LogP contribution < -0.4 is 5.32 Å². The molecule has 1 unspecified atom stereocenters. The Kier molecular flexibility index (Phi) is 2.64. The van der Waals surface area contributed by atoms with E-state index in [0.717, 1.165) is 22.3 Å². The van der Waals surface area contributed by atoms with Gasteiger partial charge < -0.3 is 5.32 Å². The summed E-state index contributed by atoms with van der Waals surface area (Å²) >= 11 is 0. The van der Waals surface area contributed by atoms with E-state index in [0.29, 0.717) is 0 Å². The molecule has 0 saturated carbocycles. The molecule has 1 atom stereocenters. The Balaban J connectivity index is 1.83. The quantitative estimate of drug-likeness (QED) is 0.737. The van der Waals surface area contributed by atoms with Crippen LogP contribution in [0.15, 0.2) is 43.0 Å². The lowest BCUT2D eigenvalue weighted by Crippen LogP contribution is -2.08. The Morgan fingerprint density at radius 2 is 2.17 bits per heavy atom. The van der Waals surface area contributed by atoms with E-state index in [2.05, 4.69) is 32.4 Å². The van der Waals surface area contributed by atoms with Gasteiger partial charge >= 0.3 is 0 Å². The van der Waals surface area contributed by atoms with Gasteiger partial charge in [-0.1, -0.05) is 0 Å². The maximum Gasteiger partial charge on any atom is 0.0806 e. The van der Waals surface area contributed by atoms with Crippen molar-refractivity contribution in [2.75, 3.05) is 5.32 Å². The molecular weight excluding hydrogens is 226 g/mol. The number of fused-ring (bicyclic) bond motifs is 1. The number of rotatable bonds is 3. The molecule has 0 radical (unpaired) electrons. The third kappa shape index (κ3) is 2.02. The fourth-order valence-corrected chi connectivity index (χ4v) is 1.88. The Labute approximate surface area is 104 Å². The van der Waals surface area contributed by atoms with Crippen LogP contribution in [0.25, 0.3) is 10.9 Å². The topological polar surface area (TPSA) is 66.5 Å². The van der Waals surface area contributed by atoms with Crippen LogP contribution in [0.5, 0.6) is 0 Å². The Bertz CT molecular complexity index is 647. The lowest BCUT2D eigenvalue weighted by atomic mass is 10.2. The molecule has 0 aliphatic carbocycles. The van der Waals surface area contributed by atoms with Gasteiger partial charge in [-0.05, 0) is 25.1 Å². The smallest absolute Gasteiger partial charge is 0.0806 e. The van der Waals surface area contributed by atoms with Crippen LogP contribution in [0.1, 0.15) is 18.7 Å². The van der Waals surface area contributed by atoms with E-state index in [1.54, 1.807) is 18.6 Å². The summed E-state index contributed by atoms with van der Waals surface area (Å²) in [5, 5.41) is 11.5. The number of anilines is 1. The molecule has 0 fully saturated rings. The minimum absolute atomic E-state index is 0.110. The van der Waals surface area contributed by atoms with Gasteiger partial charge in [-0.3, -0.25) is 15.1 Å². The van der Waals surface area contributed by atoms with E-state index in [-0.39, 0.29) is 6.04 Å². The maximum atomic E-state index is 4.28. The van der Waals surface area contributed by atoms with Gasteiger partial charge in [0.05, 0.1) is 29.6 Å². The molecule has 0 saturated heterocycles. The van der Waals surface area contributed by atoms with Crippen LogP contribution in [0.4, 0.5) is 5.69 Å². The van der Waals surface area contributed by atoms with Crippen molar-refractivity contribution in [1.82, 2.24) is 20.2 Å². The van der Waals surface area contributed by atoms with E-state index >= 15 is 0 Å². The first-order valence-electron chi connectivity index (χ1n) is 5.78. The Morgan fingerprint density at radius 3 is 3.00 bits per heavy atom. The molecule has 3 aromatic rings. The molecule has 0 spiro atoms. The van der Waals surface area contributed by atoms with Crippen LogP contribution >= 0.6 is 0 Å². The van der Waals surface area contributed by atoms with Gasteiger partial charge in [0.15, 0.2) is 0 Å². The number of hydrogen-bond acceptors (Lipinski definition) is 4. The van der Waals surface area contributed by atoms with E-state index in [4.69, 9.17) is 0 Å². The zero-order valence-corrected chi connectivity index (χ0v) is 9.96. The monoisotopic (exact) mass is 239 g/mol. The Hall–Kier alpha value is -2.43. The van der Waals surface area contributed by atoms with Crippen molar-refractivity contribution >= 4 is 16.6 Å². The molecule has 2 heterocycles. The van der Waals surface area contributed by atoms with Gasteiger partial charge in [0, 0.05) is 23.5 Å². The number of aromatic nitrogens is 4. The predicted molar refractivity (Wildman–Crippen MR) is 70.2 cm³/mol. The van der Waals surface area contributed by atoms with Crippen LogP contribution in [0.2, 0.25) is 0 Å². The number of H-pyrrole nitrogens is 1. The van der Waals surface area contributed by atoms with Crippen LogP contribution in [0, 0.1) is 0 Å². The predicted octanol–water partition coefficient (Wildman–Crippen LogP) is 2.53. The summed E-state index contributed by atoms with van der Waals surface area (Å²) in [6.07, 6.45) is 6.95. The first kappa shape index (κ1) is 10.7. The number of nitrogens with zero attached hydrogens (tertiary/aromatic N) is 3. The van der Waals surface area contributed by atoms with E-state index < -0.39 is 0 Å². The largest absolute Gasteiger partial charge is 0.377 e. The van der Waals surface area contributed by atoms with Gasteiger partial charge in [-0.25, -0.2) is 0 Å². The molecular formula is C13H13N5. The second kappa shape index (κ2) is 4.44. The average Bonchev–Trinajstić information content (AvgIpc) is 2.87. The molecule has 2 N–H and O–H groups in total. The number of nitrogens with one attached hydrogen (secondary N) is 2. The Morgan fingerprint density at radius 1 is 1.22 bits per heavy atom. The molecule has 5 nitrogen and oxygen atoms in total. The van der Waals surface area contributed by atoms with Gasteiger partial charge in [-0.2, -0.15) is 5.10 Å². The molecule has 0 bridgehead atoms. The minimum Gasteiger partial charge on any atom is -0.377 e. The first-order chi connectivity index (χ1) is 8.83.